The third-order valence-electron chi connectivity index (χ3n) is 2.51. The fraction of sp³-hybridized carbons (Fsp3) is 0. The molecule has 0 fully saturated rings. The van der Waals surface area contributed by atoms with Crippen LogP contribution in [0.2, 0.25) is 0 Å². The van der Waals surface area contributed by atoms with E-state index in [0.29, 0.717) is 21.9 Å². The molecule has 4 heteroatoms. The van der Waals surface area contributed by atoms with E-state index in [0.717, 1.165) is 5.56 Å². The largest absolute Gasteiger partial charge is 0.410 e. The first-order valence-electron chi connectivity index (χ1n) is 5.23. The van der Waals surface area contributed by atoms with Crippen LogP contribution >= 0.6 is 11.6 Å². The fourth-order valence-electron chi connectivity index (χ4n) is 1.65. The van der Waals surface area contributed by atoms with Gasteiger partial charge in [-0.3, -0.25) is 0 Å². The molecule has 0 saturated heterocycles. The highest BCUT2D eigenvalue weighted by Crippen LogP contribution is 2.29. The van der Waals surface area contributed by atoms with Crippen molar-refractivity contribution in [3.05, 3.63) is 64.7 Å². The van der Waals surface area contributed by atoms with Crippen LogP contribution in [0.1, 0.15) is 5.56 Å². The molecule has 0 aliphatic heterocycles. The lowest BCUT2D eigenvalue weighted by molar-refractivity contribution is 0.320. The van der Waals surface area contributed by atoms with Gasteiger partial charge in [-0.15, -0.1) is 0 Å². The lowest BCUT2D eigenvalue weighted by Gasteiger charge is -2.09. The predicted molar refractivity (Wildman–Crippen MR) is 71.3 cm³/mol. The summed E-state index contributed by atoms with van der Waals surface area (Å²) >= 11 is 6.09. The van der Waals surface area contributed by atoms with Gasteiger partial charge in [-0.25, -0.2) is 0 Å². The molecular formula is C14H9ClN2O. The van der Waals surface area contributed by atoms with Crippen molar-refractivity contribution >= 4 is 22.9 Å². The van der Waals surface area contributed by atoms with Crippen molar-refractivity contribution in [3.8, 4) is 6.07 Å². The number of oxime groups is 1. The Labute approximate surface area is 110 Å². The quantitative estimate of drug-likeness (QED) is 0.475. The molecule has 0 heterocycles. The maximum atomic E-state index is 9.27. The molecule has 0 amide bonds. The average molecular weight is 257 g/mol. The van der Waals surface area contributed by atoms with Gasteiger partial charge in [-0.1, -0.05) is 47.1 Å². The summed E-state index contributed by atoms with van der Waals surface area (Å²) in [7, 11) is 0. The van der Waals surface area contributed by atoms with E-state index in [9.17, 15) is 5.26 Å². The second kappa shape index (κ2) is 5.35. The van der Waals surface area contributed by atoms with Crippen LogP contribution in [-0.2, 0) is 0 Å². The van der Waals surface area contributed by atoms with Crippen LogP contribution in [0.5, 0.6) is 0 Å². The normalized spacial score (nSPS) is 19.3. The van der Waals surface area contributed by atoms with Crippen LogP contribution in [0.3, 0.4) is 0 Å². The van der Waals surface area contributed by atoms with E-state index in [1.807, 2.05) is 30.3 Å². The van der Waals surface area contributed by atoms with Crippen molar-refractivity contribution in [2.24, 2.45) is 5.16 Å². The molecule has 0 spiro atoms. The second-order valence-electron chi connectivity index (χ2n) is 3.62. The van der Waals surface area contributed by atoms with Crippen molar-refractivity contribution in [2.45, 2.75) is 0 Å². The minimum Gasteiger partial charge on any atom is -0.410 e. The van der Waals surface area contributed by atoms with E-state index in [-0.39, 0.29) is 0 Å². The Kier molecular flexibility index (Phi) is 3.61. The molecule has 0 atom stereocenters. The lowest BCUT2D eigenvalue weighted by atomic mass is 9.97. The average Bonchev–Trinajstić information content (AvgIpc) is 2.42. The maximum absolute atomic E-state index is 9.27. The summed E-state index contributed by atoms with van der Waals surface area (Å²) < 4.78 is 0. The van der Waals surface area contributed by atoms with E-state index in [1.165, 1.54) is 6.08 Å². The number of hydrogen-bond donors (Lipinski definition) is 1. The molecule has 1 aliphatic rings. The van der Waals surface area contributed by atoms with Crippen LogP contribution in [0.15, 0.2) is 64.3 Å². The first-order chi connectivity index (χ1) is 8.76. The van der Waals surface area contributed by atoms with Crippen molar-refractivity contribution in [3.63, 3.8) is 0 Å². The number of hydrogen-bond acceptors (Lipinski definition) is 3. The Morgan fingerprint density at radius 2 is 1.94 bits per heavy atom. The highest BCUT2D eigenvalue weighted by molar-refractivity contribution is 6.36. The molecule has 0 aromatic heterocycles. The summed E-state index contributed by atoms with van der Waals surface area (Å²) in [5.74, 6) is 0. The Morgan fingerprint density at radius 1 is 1.22 bits per heavy atom. The van der Waals surface area contributed by atoms with Crippen LogP contribution in [-0.4, -0.2) is 10.9 Å². The van der Waals surface area contributed by atoms with Gasteiger partial charge in [0, 0.05) is 5.57 Å². The maximum Gasteiger partial charge on any atom is 0.104 e. The molecule has 0 radical (unpaired) electrons. The molecule has 2 rings (SSSR count). The molecule has 1 aromatic carbocycles. The highest BCUT2D eigenvalue weighted by Gasteiger charge is 2.13. The Hall–Kier alpha value is -2.31. The van der Waals surface area contributed by atoms with Gasteiger partial charge in [0.25, 0.3) is 0 Å². The second-order valence-corrected chi connectivity index (χ2v) is 4.02. The van der Waals surface area contributed by atoms with E-state index in [2.05, 4.69) is 11.2 Å². The minimum atomic E-state index is 0.356. The number of nitriles is 1. The van der Waals surface area contributed by atoms with Crippen molar-refractivity contribution < 1.29 is 5.21 Å². The third-order valence-corrected chi connectivity index (χ3v) is 2.82. The van der Waals surface area contributed by atoms with Gasteiger partial charge in [0.1, 0.15) is 11.8 Å². The molecule has 0 unspecified atom stereocenters. The third kappa shape index (κ3) is 2.34. The molecular weight excluding hydrogens is 248 g/mol. The summed E-state index contributed by atoms with van der Waals surface area (Å²) in [6.45, 7) is 0. The molecule has 88 valence electrons. The van der Waals surface area contributed by atoms with Crippen LogP contribution in [0, 0.1) is 11.3 Å². The first-order valence-corrected chi connectivity index (χ1v) is 5.61. The van der Waals surface area contributed by atoms with E-state index in [4.69, 9.17) is 16.8 Å². The van der Waals surface area contributed by atoms with Crippen molar-refractivity contribution in [1.82, 2.24) is 0 Å². The zero-order valence-electron chi connectivity index (χ0n) is 9.34. The fourth-order valence-corrected chi connectivity index (χ4v) is 1.92. The standard InChI is InChI=1S/C14H9ClN2O/c15-14-8-11(17-18)6-7-12(14)13(9-16)10-4-2-1-3-5-10/h1-8,18H. The zero-order chi connectivity index (χ0) is 13.0. The van der Waals surface area contributed by atoms with Gasteiger partial charge >= 0.3 is 0 Å². The van der Waals surface area contributed by atoms with Gasteiger partial charge in [0.2, 0.25) is 0 Å². The van der Waals surface area contributed by atoms with E-state index >= 15 is 0 Å². The van der Waals surface area contributed by atoms with E-state index in [1.54, 1.807) is 12.2 Å². The molecule has 1 N–H and O–H groups in total. The smallest absolute Gasteiger partial charge is 0.104 e. The summed E-state index contributed by atoms with van der Waals surface area (Å²) in [6, 6.07) is 11.4. The monoisotopic (exact) mass is 256 g/mol. The van der Waals surface area contributed by atoms with Crippen molar-refractivity contribution in [2.75, 3.05) is 0 Å². The number of allylic oxidation sites excluding steroid dienone is 6. The number of benzene rings is 1. The first kappa shape index (κ1) is 12.2. The molecule has 1 aliphatic carbocycles. The van der Waals surface area contributed by atoms with Gasteiger partial charge < -0.3 is 5.21 Å². The van der Waals surface area contributed by atoms with E-state index < -0.39 is 0 Å². The highest BCUT2D eigenvalue weighted by atomic mass is 35.5. The number of rotatable bonds is 1. The topological polar surface area (TPSA) is 56.4 Å². The van der Waals surface area contributed by atoms with Gasteiger partial charge in [-0.2, -0.15) is 5.26 Å². The van der Waals surface area contributed by atoms with Crippen LogP contribution in [0.4, 0.5) is 0 Å². The summed E-state index contributed by atoms with van der Waals surface area (Å²) in [5, 5.41) is 21.4. The Bertz CT molecular complexity index is 619. The minimum absolute atomic E-state index is 0.356. The number of nitrogens with zero attached hydrogens (tertiary/aromatic N) is 2. The summed E-state index contributed by atoms with van der Waals surface area (Å²) in [4.78, 5) is 0. The summed E-state index contributed by atoms with van der Waals surface area (Å²) in [6.07, 6.45) is 4.78. The van der Waals surface area contributed by atoms with Crippen LogP contribution < -0.4 is 0 Å². The lowest BCUT2D eigenvalue weighted by Crippen LogP contribution is -1.99. The van der Waals surface area contributed by atoms with Crippen molar-refractivity contribution in [1.29, 1.82) is 5.26 Å². The molecule has 1 aromatic rings. The Balaban J connectivity index is 2.55. The van der Waals surface area contributed by atoms with Gasteiger partial charge in [0.05, 0.1) is 10.6 Å². The predicted octanol–water partition coefficient (Wildman–Crippen LogP) is 3.49. The Morgan fingerprint density at radius 3 is 2.50 bits per heavy atom. The SMILES string of the molecule is N#CC(=C1C=CC(=NO)C=C1Cl)c1ccccc1. The summed E-state index contributed by atoms with van der Waals surface area (Å²) in [5.41, 5.74) is 2.27. The van der Waals surface area contributed by atoms with Crippen LogP contribution in [0.25, 0.3) is 5.57 Å². The number of halogens is 1. The molecule has 0 saturated carbocycles. The zero-order valence-corrected chi connectivity index (χ0v) is 10.1. The van der Waals surface area contributed by atoms with Gasteiger partial charge in [-0.05, 0) is 23.8 Å². The molecule has 0 bridgehead atoms. The molecule has 3 nitrogen and oxygen atoms in total. The molecule has 18 heavy (non-hydrogen) atoms. The van der Waals surface area contributed by atoms with Gasteiger partial charge in [0.15, 0.2) is 0 Å².